The maximum atomic E-state index is 9.14. The summed E-state index contributed by atoms with van der Waals surface area (Å²) in [5.74, 6) is 0. The number of benzene rings is 2. The number of rotatable bonds is 2. The van der Waals surface area contributed by atoms with Crippen LogP contribution in [0.3, 0.4) is 0 Å². The van der Waals surface area contributed by atoms with Gasteiger partial charge in [0.2, 0.25) is 0 Å². The van der Waals surface area contributed by atoms with E-state index in [0.29, 0.717) is 5.56 Å². The Balaban J connectivity index is 2.46. The molecule has 0 bridgehead atoms. The molecule has 0 radical (unpaired) electrons. The molecule has 2 aromatic rings. The molecule has 0 aromatic heterocycles. The smallest absolute Gasteiger partial charge is 0.101 e. The largest absolute Gasteiger partial charge is 0.353 e. The third-order valence-electron chi connectivity index (χ3n) is 2.77. The van der Waals surface area contributed by atoms with Gasteiger partial charge in [0.15, 0.2) is 0 Å². The summed E-state index contributed by atoms with van der Waals surface area (Å²) < 4.78 is 0.986. The van der Waals surface area contributed by atoms with Crippen molar-refractivity contribution in [1.82, 2.24) is 0 Å². The Morgan fingerprint density at radius 2 is 1.94 bits per heavy atom. The lowest BCUT2D eigenvalue weighted by Crippen LogP contribution is -1.97. The van der Waals surface area contributed by atoms with E-state index in [1.807, 2.05) is 44.2 Å². The van der Waals surface area contributed by atoms with Gasteiger partial charge in [0.25, 0.3) is 0 Å². The molecule has 0 unspecified atom stereocenters. The van der Waals surface area contributed by atoms with Crippen LogP contribution >= 0.6 is 15.9 Å². The summed E-state index contributed by atoms with van der Waals surface area (Å²) in [5.41, 5.74) is 4.73. The Hall–Kier alpha value is -1.79. The molecule has 18 heavy (non-hydrogen) atoms. The molecule has 0 fully saturated rings. The van der Waals surface area contributed by atoms with Gasteiger partial charge in [-0.2, -0.15) is 5.26 Å². The first-order valence-electron chi connectivity index (χ1n) is 5.64. The summed E-state index contributed by atoms with van der Waals surface area (Å²) in [5, 5.41) is 12.5. The number of para-hydroxylation sites is 1. The number of nitriles is 1. The molecule has 0 heterocycles. The Labute approximate surface area is 115 Å². The van der Waals surface area contributed by atoms with Crippen molar-refractivity contribution in [3.8, 4) is 6.07 Å². The minimum Gasteiger partial charge on any atom is -0.353 e. The van der Waals surface area contributed by atoms with Crippen molar-refractivity contribution in [1.29, 1.82) is 5.26 Å². The van der Waals surface area contributed by atoms with E-state index in [4.69, 9.17) is 5.26 Å². The Morgan fingerprint density at radius 3 is 2.67 bits per heavy atom. The maximum Gasteiger partial charge on any atom is 0.101 e. The number of aryl methyl sites for hydroxylation is 2. The second-order valence-electron chi connectivity index (χ2n) is 4.22. The molecule has 2 aromatic carbocycles. The van der Waals surface area contributed by atoms with Crippen molar-refractivity contribution in [2.24, 2.45) is 0 Å². The van der Waals surface area contributed by atoms with Crippen LogP contribution in [0.5, 0.6) is 0 Å². The van der Waals surface area contributed by atoms with E-state index in [1.54, 1.807) is 0 Å². The van der Waals surface area contributed by atoms with E-state index in [9.17, 15) is 0 Å². The van der Waals surface area contributed by atoms with Crippen LogP contribution in [0.15, 0.2) is 40.9 Å². The summed E-state index contributed by atoms with van der Waals surface area (Å²) in [6.45, 7) is 4.04. The Bertz CT molecular complexity index is 627. The first-order chi connectivity index (χ1) is 8.61. The van der Waals surface area contributed by atoms with E-state index < -0.39 is 0 Å². The van der Waals surface area contributed by atoms with Gasteiger partial charge >= 0.3 is 0 Å². The van der Waals surface area contributed by atoms with E-state index >= 15 is 0 Å². The van der Waals surface area contributed by atoms with Crippen LogP contribution in [0.4, 0.5) is 11.4 Å². The minimum absolute atomic E-state index is 0.656. The predicted octanol–water partition coefficient (Wildman–Crippen LogP) is 4.68. The third kappa shape index (κ3) is 2.55. The molecule has 0 amide bonds. The predicted molar refractivity (Wildman–Crippen MR) is 78.1 cm³/mol. The van der Waals surface area contributed by atoms with Crippen LogP contribution in [-0.4, -0.2) is 0 Å². The van der Waals surface area contributed by atoms with Crippen molar-refractivity contribution in [2.45, 2.75) is 13.8 Å². The summed E-state index contributed by atoms with van der Waals surface area (Å²) in [6.07, 6.45) is 0. The zero-order chi connectivity index (χ0) is 13.1. The fraction of sp³-hybridized carbons (Fsp3) is 0.133. The standard InChI is InChI=1S/C15H13BrN2/c1-10-6-7-13(16)14(8-10)18-15-11(2)4-3-5-12(15)9-17/h3-8,18H,1-2H3. The third-order valence-corrected chi connectivity index (χ3v) is 3.47. The van der Waals surface area contributed by atoms with Gasteiger partial charge in [0.1, 0.15) is 6.07 Å². The highest BCUT2D eigenvalue weighted by molar-refractivity contribution is 9.10. The molecule has 2 rings (SSSR count). The lowest BCUT2D eigenvalue weighted by Gasteiger charge is -2.13. The van der Waals surface area contributed by atoms with Crippen LogP contribution < -0.4 is 5.32 Å². The van der Waals surface area contributed by atoms with E-state index in [0.717, 1.165) is 21.4 Å². The van der Waals surface area contributed by atoms with Gasteiger partial charge in [0, 0.05) is 4.47 Å². The summed E-state index contributed by atoms with van der Waals surface area (Å²) in [4.78, 5) is 0. The fourth-order valence-corrected chi connectivity index (χ4v) is 2.14. The molecule has 0 aliphatic rings. The normalized spacial score (nSPS) is 9.89. The van der Waals surface area contributed by atoms with Crippen molar-refractivity contribution < 1.29 is 0 Å². The highest BCUT2D eigenvalue weighted by atomic mass is 79.9. The van der Waals surface area contributed by atoms with Gasteiger partial charge in [-0.25, -0.2) is 0 Å². The zero-order valence-corrected chi connectivity index (χ0v) is 11.9. The monoisotopic (exact) mass is 300 g/mol. The number of anilines is 2. The second-order valence-corrected chi connectivity index (χ2v) is 5.07. The van der Waals surface area contributed by atoms with Gasteiger partial charge in [-0.15, -0.1) is 0 Å². The van der Waals surface area contributed by atoms with Crippen LogP contribution in [0.2, 0.25) is 0 Å². The van der Waals surface area contributed by atoms with Crippen LogP contribution in [0.25, 0.3) is 0 Å². The highest BCUT2D eigenvalue weighted by Gasteiger charge is 2.07. The summed E-state index contributed by atoms with van der Waals surface area (Å²) >= 11 is 3.51. The highest BCUT2D eigenvalue weighted by Crippen LogP contribution is 2.30. The number of halogens is 1. The Morgan fingerprint density at radius 1 is 1.17 bits per heavy atom. The molecule has 0 aliphatic heterocycles. The van der Waals surface area contributed by atoms with Gasteiger partial charge in [-0.3, -0.25) is 0 Å². The SMILES string of the molecule is Cc1ccc(Br)c(Nc2c(C)cccc2C#N)c1. The molecular formula is C15H13BrN2. The fourth-order valence-electron chi connectivity index (χ4n) is 1.80. The van der Waals surface area contributed by atoms with Crippen molar-refractivity contribution in [3.05, 3.63) is 57.6 Å². The lowest BCUT2D eigenvalue weighted by molar-refractivity contribution is 1.37. The molecule has 1 N–H and O–H groups in total. The molecule has 0 atom stereocenters. The topological polar surface area (TPSA) is 35.8 Å². The van der Waals surface area contributed by atoms with Crippen molar-refractivity contribution in [3.63, 3.8) is 0 Å². The average molecular weight is 301 g/mol. The van der Waals surface area contributed by atoms with E-state index in [1.165, 1.54) is 5.56 Å². The average Bonchev–Trinajstić information content (AvgIpc) is 2.36. The molecule has 0 aliphatic carbocycles. The van der Waals surface area contributed by atoms with Crippen molar-refractivity contribution >= 4 is 27.3 Å². The van der Waals surface area contributed by atoms with E-state index in [2.05, 4.69) is 33.4 Å². The minimum atomic E-state index is 0.656. The number of hydrogen-bond donors (Lipinski definition) is 1. The molecule has 0 saturated heterocycles. The van der Waals surface area contributed by atoms with Gasteiger partial charge in [-0.1, -0.05) is 18.2 Å². The van der Waals surface area contributed by atoms with Crippen LogP contribution in [0.1, 0.15) is 16.7 Å². The number of hydrogen-bond acceptors (Lipinski definition) is 2. The van der Waals surface area contributed by atoms with Gasteiger partial charge in [-0.05, 0) is 59.1 Å². The Kier molecular flexibility index (Phi) is 3.69. The summed E-state index contributed by atoms with van der Waals surface area (Å²) in [7, 11) is 0. The van der Waals surface area contributed by atoms with Crippen LogP contribution in [0, 0.1) is 25.2 Å². The zero-order valence-electron chi connectivity index (χ0n) is 10.3. The molecule has 0 saturated carbocycles. The molecule has 3 heteroatoms. The first-order valence-corrected chi connectivity index (χ1v) is 6.44. The number of nitrogens with zero attached hydrogens (tertiary/aromatic N) is 1. The molecular weight excluding hydrogens is 288 g/mol. The summed E-state index contributed by atoms with van der Waals surface area (Å²) in [6, 6.07) is 14.0. The maximum absolute atomic E-state index is 9.14. The molecule has 2 nitrogen and oxygen atoms in total. The molecule has 0 spiro atoms. The van der Waals surface area contributed by atoms with Crippen LogP contribution in [-0.2, 0) is 0 Å². The van der Waals surface area contributed by atoms with Crippen molar-refractivity contribution in [2.75, 3.05) is 5.32 Å². The van der Waals surface area contributed by atoms with E-state index in [-0.39, 0.29) is 0 Å². The first kappa shape index (κ1) is 12.7. The lowest BCUT2D eigenvalue weighted by atomic mass is 10.1. The molecule has 90 valence electrons. The van der Waals surface area contributed by atoms with Gasteiger partial charge in [0.05, 0.1) is 16.9 Å². The number of nitrogens with one attached hydrogen (secondary N) is 1. The second kappa shape index (κ2) is 5.24. The quantitative estimate of drug-likeness (QED) is 0.874. The van der Waals surface area contributed by atoms with Gasteiger partial charge < -0.3 is 5.32 Å².